The quantitative estimate of drug-likeness (QED) is 0.673. The Labute approximate surface area is 161 Å². The SMILES string of the molecule is COc1ccc(CNC(=O)[C@@H](C)OC(=O)CNC(=O)c2ccccc2F)cc1. The summed E-state index contributed by atoms with van der Waals surface area (Å²) >= 11 is 0. The molecule has 0 saturated carbocycles. The molecule has 0 saturated heterocycles. The van der Waals surface area contributed by atoms with Gasteiger partial charge in [0, 0.05) is 6.54 Å². The van der Waals surface area contributed by atoms with E-state index in [1.165, 1.54) is 25.1 Å². The highest BCUT2D eigenvalue weighted by molar-refractivity contribution is 5.96. The topological polar surface area (TPSA) is 93.7 Å². The summed E-state index contributed by atoms with van der Waals surface area (Å²) in [5.74, 6) is -2.03. The summed E-state index contributed by atoms with van der Waals surface area (Å²) in [6, 6.07) is 12.5. The molecule has 8 heteroatoms. The van der Waals surface area contributed by atoms with Crippen molar-refractivity contribution in [3.63, 3.8) is 0 Å². The predicted molar refractivity (Wildman–Crippen MR) is 99.1 cm³/mol. The number of carbonyl (C=O) groups is 3. The molecule has 0 aliphatic carbocycles. The van der Waals surface area contributed by atoms with Crippen molar-refractivity contribution in [2.75, 3.05) is 13.7 Å². The number of rotatable bonds is 8. The molecule has 2 N–H and O–H groups in total. The van der Waals surface area contributed by atoms with Gasteiger partial charge in [0.05, 0.1) is 12.7 Å². The fourth-order valence-corrected chi connectivity index (χ4v) is 2.26. The fraction of sp³-hybridized carbons (Fsp3) is 0.250. The zero-order valence-corrected chi connectivity index (χ0v) is 15.5. The minimum Gasteiger partial charge on any atom is -0.497 e. The van der Waals surface area contributed by atoms with Crippen LogP contribution < -0.4 is 15.4 Å². The first-order valence-corrected chi connectivity index (χ1v) is 8.53. The summed E-state index contributed by atoms with van der Waals surface area (Å²) in [5.41, 5.74) is 0.672. The summed E-state index contributed by atoms with van der Waals surface area (Å²) in [6.45, 7) is 1.19. The van der Waals surface area contributed by atoms with E-state index in [2.05, 4.69) is 10.6 Å². The molecule has 2 aromatic rings. The molecule has 28 heavy (non-hydrogen) atoms. The van der Waals surface area contributed by atoms with Crippen LogP contribution in [0.3, 0.4) is 0 Å². The van der Waals surface area contributed by atoms with Gasteiger partial charge in [-0.3, -0.25) is 14.4 Å². The molecule has 0 fully saturated rings. The first-order valence-electron chi connectivity index (χ1n) is 8.53. The summed E-state index contributed by atoms with van der Waals surface area (Å²) in [7, 11) is 1.56. The number of hydrogen-bond donors (Lipinski definition) is 2. The zero-order chi connectivity index (χ0) is 20.5. The van der Waals surface area contributed by atoms with E-state index in [1.54, 1.807) is 31.4 Å². The third-order valence-electron chi connectivity index (χ3n) is 3.82. The van der Waals surface area contributed by atoms with Gasteiger partial charge in [0.15, 0.2) is 6.10 Å². The molecule has 2 amide bonds. The van der Waals surface area contributed by atoms with Gasteiger partial charge in [0.1, 0.15) is 18.1 Å². The maximum Gasteiger partial charge on any atom is 0.326 e. The van der Waals surface area contributed by atoms with Crippen LogP contribution in [0.4, 0.5) is 4.39 Å². The van der Waals surface area contributed by atoms with Crippen LogP contribution in [-0.4, -0.2) is 37.5 Å². The van der Waals surface area contributed by atoms with Gasteiger partial charge in [-0.05, 0) is 36.8 Å². The average Bonchev–Trinajstić information content (AvgIpc) is 2.70. The van der Waals surface area contributed by atoms with Crippen LogP contribution in [0, 0.1) is 5.82 Å². The van der Waals surface area contributed by atoms with Crippen molar-refractivity contribution in [3.8, 4) is 5.75 Å². The molecule has 1 atom stereocenters. The molecular weight excluding hydrogens is 367 g/mol. The molecule has 0 bridgehead atoms. The lowest BCUT2D eigenvalue weighted by Gasteiger charge is -2.14. The molecule has 148 valence electrons. The van der Waals surface area contributed by atoms with Crippen molar-refractivity contribution in [3.05, 3.63) is 65.5 Å². The van der Waals surface area contributed by atoms with Gasteiger partial charge in [0.25, 0.3) is 11.8 Å². The van der Waals surface area contributed by atoms with Gasteiger partial charge >= 0.3 is 5.97 Å². The highest BCUT2D eigenvalue weighted by Crippen LogP contribution is 2.11. The fourth-order valence-electron chi connectivity index (χ4n) is 2.26. The molecule has 0 aliphatic heterocycles. The first kappa shape index (κ1) is 20.9. The summed E-state index contributed by atoms with van der Waals surface area (Å²) in [4.78, 5) is 35.7. The number of esters is 1. The molecule has 0 unspecified atom stereocenters. The second-order valence-electron chi connectivity index (χ2n) is 5.86. The third-order valence-corrected chi connectivity index (χ3v) is 3.82. The van der Waals surface area contributed by atoms with Gasteiger partial charge < -0.3 is 20.1 Å². The van der Waals surface area contributed by atoms with Crippen molar-refractivity contribution in [1.29, 1.82) is 0 Å². The monoisotopic (exact) mass is 388 g/mol. The van der Waals surface area contributed by atoms with E-state index < -0.39 is 36.2 Å². The van der Waals surface area contributed by atoms with E-state index in [-0.39, 0.29) is 12.1 Å². The van der Waals surface area contributed by atoms with E-state index in [9.17, 15) is 18.8 Å². The van der Waals surface area contributed by atoms with Crippen molar-refractivity contribution in [2.45, 2.75) is 19.6 Å². The summed E-state index contributed by atoms with van der Waals surface area (Å²) < 4.78 is 23.5. The Bertz CT molecular complexity index is 839. The Morgan fingerprint density at radius 2 is 1.71 bits per heavy atom. The van der Waals surface area contributed by atoms with Crippen LogP contribution in [0.25, 0.3) is 0 Å². The standard InChI is InChI=1S/C20H21FN2O5/c1-13(19(25)22-11-14-7-9-15(27-2)10-8-14)28-18(24)12-23-20(26)16-5-3-4-6-17(16)21/h3-10,13H,11-12H2,1-2H3,(H,22,25)(H,23,26)/t13-/m1/s1. The first-order chi connectivity index (χ1) is 13.4. The van der Waals surface area contributed by atoms with Gasteiger partial charge in [-0.15, -0.1) is 0 Å². The Kier molecular flexibility index (Phi) is 7.50. The smallest absolute Gasteiger partial charge is 0.326 e. The molecule has 0 aromatic heterocycles. The van der Waals surface area contributed by atoms with Crippen LogP contribution in [-0.2, 0) is 20.9 Å². The number of amides is 2. The van der Waals surface area contributed by atoms with Gasteiger partial charge in [0.2, 0.25) is 0 Å². The maximum absolute atomic E-state index is 13.5. The molecule has 0 spiro atoms. The lowest BCUT2D eigenvalue weighted by atomic mass is 10.2. The number of ether oxygens (including phenoxy) is 2. The molecule has 2 aromatic carbocycles. The molecule has 0 radical (unpaired) electrons. The van der Waals surface area contributed by atoms with Gasteiger partial charge in [-0.2, -0.15) is 0 Å². The van der Waals surface area contributed by atoms with Crippen molar-refractivity contribution in [2.24, 2.45) is 0 Å². The van der Waals surface area contributed by atoms with Gasteiger partial charge in [-0.25, -0.2) is 4.39 Å². The normalized spacial score (nSPS) is 11.2. The van der Waals surface area contributed by atoms with Crippen molar-refractivity contribution < 1.29 is 28.2 Å². The number of halogens is 1. The maximum atomic E-state index is 13.5. The average molecular weight is 388 g/mol. The lowest BCUT2D eigenvalue weighted by molar-refractivity contribution is -0.153. The number of nitrogens with one attached hydrogen (secondary N) is 2. The highest BCUT2D eigenvalue weighted by atomic mass is 19.1. The molecule has 7 nitrogen and oxygen atoms in total. The van der Waals surface area contributed by atoms with Crippen molar-refractivity contribution >= 4 is 17.8 Å². The van der Waals surface area contributed by atoms with E-state index >= 15 is 0 Å². The number of carbonyl (C=O) groups excluding carboxylic acids is 3. The predicted octanol–water partition coefficient (Wildman–Crippen LogP) is 1.81. The number of hydrogen-bond acceptors (Lipinski definition) is 5. The van der Waals surface area contributed by atoms with E-state index in [0.717, 1.165) is 11.6 Å². The third kappa shape index (κ3) is 6.08. The Hall–Kier alpha value is -3.42. The highest BCUT2D eigenvalue weighted by Gasteiger charge is 2.19. The second kappa shape index (κ2) is 10.1. The zero-order valence-electron chi connectivity index (χ0n) is 15.5. The minimum absolute atomic E-state index is 0.180. The van der Waals surface area contributed by atoms with Crippen LogP contribution in [0.5, 0.6) is 5.75 Å². The van der Waals surface area contributed by atoms with Gasteiger partial charge in [-0.1, -0.05) is 24.3 Å². The lowest BCUT2D eigenvalue weighted by Crippen LogP contribution is -2.38. The van der Waals surface area contributed by atoms with E-state index in [0.29, 0.717) is 5.75 Å². The second-order valence-corrected chi connectivity index (χ2v) is 5.86. The van der Waals surface area contributed by atoms with Crippen LogP contribution >= 0.6 is 0 Å². The van der Waals surface area contributed by atoms with Crippen LogP contribution in [0.1, 0.15) is 22.8 Å². The molecule has 2 rings (SSSR count). The molecule has 0 heterocycles. The largest absolute Gasteiger partial charge is 0.497 e. The number of methoxy groups -OCH3 is 1. The Balaban J connectivity index is 1.75. The van der Waals surface area contributed by atoms with Crippen molar-refractivity contribution in [1.82, 2.24) is 10.6 Å². The van der Waals surface area contributed by atoms with Crippen LogP contribution in [0.15, 0.2) is 48.5 Å². The minimum atomic E-state index is -1.05. The Morgan fingerprint density at radius 3 is 2.36 bits per heavy atom. The van der Waals surface area contributed by atoms with E-state index in [4.69, 9.17) is 9.47 Å². The Morgan fingerprint density at radius 1 is 1.04 bits per heavy atom. The number of benzene rings is 2. The summed E-state index contributed by atoms with van der Waals surface area (Å²) in [6.07, 6.45) is -1.05. The van der Waals surface area contributed by atoms with Crippen LogP contribution in [0.2, 0.25) is 0 Å². The summed E-state index contributed by atoms with van der Waals surface area (Å²) in [5, 5.41) is 4.90. The molecule has 0 aliphatic rings. The van der Waals surface area contributed by atoms with E-state index in [1.807, 2.05) is 0 Å². The molecular formula is C20H21FN2O5.